The van der Waals surface area contributed by atoms with Crippen LogP contribution in [0.25, 0.3) is 10.2 Å². The number of thiophene rings is 1. The molecule has 2 heterocycles. The summed E-state index contributed by atoms with van der Waals surface area (Å²) in [5.74, 6) is 1.41. The van der Waals surface area contributed by atoms with Gasteiger partial charge in [-0.3, -0.25) is 14.2 Å². The monoisotopic (exact) mass is 461 g/mol. The maximum atomic E-state index is 12.5. The standard InChI is InChI=1S/C22H27N3O4S2/c1-28-17-8-7-15(14-18(17)29-2)9-11-23-19(26)6-4-3-5-12-25-21(27)20-16(10-13-31-20)24-22(25)30/h7-8,10,13-14H,3-6,9,11-12H2,1-2H3,(H,23,26)(H,24,30). The summed E-state index contributed by atoms with van der Waals surface area (Å²) in [7, 11) is 3.21. The number of hydrogen-bond acceptors (Lipinski definition) is 6. The number of amides is 1. The van der Waals surface area contributed by atoms with Crippen molar-refractivity contribution in [1.29, 1.82) is 0 Å². The molecule has 2 N–H and O–H groups in total. The molecule has 0 radical (unpaired) electrons. The van der Waals surface area contributed by atoms with E-state index in [2.05, 4.69) is 10.3 Å². The summed E-state index contributed by atoms with van der Waals surface area (Å²) in [6, 6.07) is 7.62. The van der Waals surface area contributed by atoms with Crippen molar-refractivity contribution in [2.75, 3.05) is 20.8 Å². The van der Waals surface area contributed by atoms with Gasteiger partial charge in [-0.25, -0.2) is 0 Å². The number of ether oxygens (including phenoxy) is 2. The molecule has 0 aliphatic carbocycles. The minimum absolute atomic E-state index is 0.0370. The van der Waals surface area contributed by atoms with E-state index in [1.54, 1.807) is 18.8 Å². The molecule has 1 aromatic carbocycles. The number of nitrogens with one attached hydrogen (secondary N) is 2. The molecule has 0 fully saturated rings. The summed E-state index contributed by atoms with van der Waals surface area (Å²) in [6.07, 6.45) is 3.62. The van der Waals surface area contributed by atoms with Gasteiger partial charge in [0, 0.05) is 19.5 Å². The molecule has 0 aliphatic rings. The number of nitrogens with zero attached hydrogens (tertiary/aromatic N) is 1. The lowest BCUT2D eigenvalue weighted by Gasteiger charge is -2.10. The lowest BCUT2D eigenvalue weighted by atomic mass is 10.1. The second kappa shape index (κ2) is 11.1. The van der Waals surface area contributed by atoms with Crippen LogP contribution in [-0.2, 0) is 17.8 Å². The Hall–Kier alpha value is -2.65. The van der Waals surface area contributed by atoms with Gasteiger partial charge in [0.05, 0.1) is 19.7 Å². The summed E-state index contributed by atoms with van der Waals surface area (Å²) in [6.45, 7) is 1.13. The number of fused-ring (bicyclic) bond motifs is 1. The first-order valence-corrected chi connectivity index (χ1v) is 11.5. The van der Waals surface area contributed by atoms with E-state index >= 15 is 0 Å². The van der Waals surface area contributed by atoms with Crippen molar-refractivity contribution in [2.45, 2.75) is 38.6 Å². The van der Waals surface area contributed by atoms with Crippen LogP contribution in [0, 0.1) is 4.77 Å². The summed E-state index contributed by atoms with van der Waals surface area (Å²) in [5.41, 5.74) is 1.82. The third-order valence-corrected chi connectivity index (χ3v) is 6.29. The fraction of sp³-hybridized carbons (Fsp3) is 0.409. The van der Waals surface area contributed by atoms with Crippen molar-refractivity contribution in [3.05, 3.63) is 50.3 Å². The Labute approximate surface area is 190 Å². The van der Waals surface area contributed by atoms with Crippen LogP contribution in [0.2, 0.25) is 0 Å². The lowest BCUT2D eigenvalue weighted by molar-refractivity contribution is -0.121. The van der Waals surface area contributed by atoms with Gasteiger partial charge in [0.2, 0.25) is 5.91 Å². The van der Waals surface area contributed by atoms with Crippen molar-refractivity contribution >= 4 is 39.7 Å². The number of unbranched alkanes of at least 4 members (excludes halogenated alkanes) is 2. The average molecular weight is 462 g/mol. The molecule has 0 aliphatic heterocycles. The number of aromatic nitrogens is 2. The minimum atomic E-state index is -0.0401. The molecule has 0 bridgehead atoms. The van der Waals surface area contributed by atoms with Gasteiger partial charge in [-0.15, -0.1) is 11.3 Å². The number of rotatable bonds is 11. The van der Waals surface area contributed by atoms with E-state index in [4.69, 9.17) is 21.7 Å². The number of carbonyl (C=O) groups excluding carboxylic acids is 1. The molecule has 3 aromatic rings. The fourth-order valence-corrected chi connectivity index (χ4v) is 4.46. The van der Waals surface area contributed by atoms with Crippen molar-refractivity contribution in [3.63, 3.8) is 0 Å². The molecule has 166 valence electrons. The van der Waals surface area contributed by atoms with Crippen molar-refractivity contribution < 1.29 is 14.3 Å². The second-order valence-electron chi connectivity index (χ2n) is 7.15. The van der Waals surface area contributed by atoms with Gasteiger partial charge < -0.3 is 19.8 Å². The van der Waals surface area contributed by atoms with Crippen LogP contribution < -0.4 is 20.3 Å². The normalized spacial score (nSPS) is 10.9. The Bertz CT molecular complexity index is 1150. The SMILES string of the molecule is COc1ccc(CCNC(=O)CCCCCn2c(=S)[nH]c3ccsc3c2=O)cc1OC. The number of aromatic amines is 1. The lowest BCUT2D eigenvalue weighted by Crippen LogP contribution is -2.25. The van der Waals surface area contributed by atoms with E-state index in [9.17, 15) is 9.59 Å². The molecule has 31 heavy (non-hydrogen) atoms. The summed E-state index contributed by atoms with van der Waals surface area (Å²) < 4.78 is 13.3. The van der Waals surface area contributed by atoms with Crippen LogP contribution in [-0.4, -0.2) is 36.2 Å². The summed E-state index contributed by atoms with van der Waals surface area (Å²) in [4.78, 5) is 27.7. The highest BCUT2D eigenvalue weighted by atomic mass is 32.1. The van der Waals surface area contributed by atoms with E-state index in [0.717, 1.165) is 36.8 Å². The zero-order valence-corrected chi connectivity index (χ0v) is 19.4. The Morgan fingerprint density at radius 3 is 2.74 bits per heavy atom. The Morgan fingerprint density at radius 1 is 1.16 bits per heavy atom. The van der Waals surface area contributed by atoms with Crippen molar-refractivity contribution in [3.8, 4) is 11.5 Å². The highest BCUT2D eigenvalue weighted by Crippen LogP contribution is 2.27. The van der Waals surface area contributed by atoms with Crippen LogP contribution in [0.1, 0.15) is 31.2 Å². The smallest absolute Gasteiger partial charge is 0.272 e. The highest BCUT2D eigenvalue weighted by molar-refractivity contribution is 7.71. The van der Waals surface area contributed by atoms with Crippen molar-refractivity contribution in [1.82, 2.24) is 14.9 Å². The van der Waals surface area contributed by atoms with Crippen LogP contribution in [0.4, 0.5) is 0 Å². The number of benzene rings is 1. The molecule has 9 heteroatoms. The topological polar surface area (TPSA) is 85.4 Å². The van der Waals surface area contributed by atoms with Crippen LogP contribution in [0.15, 0.2) is 34.4 Å². The maximum absolute atomic E-state index is 12.5. The first-order valence-electron chi connectivity index (χ1n) is 10.2. The van der Waals surface area contributed by atoms with E-state index in [0.29, 0.717) is 40.5 Å². The first kappa shape index (κ1) is 23.0. The third-order valence-electron chi connectivity index (χ3n) is 5.06. The third kappa shape index (κ3) is 5.95. The highest BCUT2D eigenvalue weighted by Gasteiger charge is 2.08. The summed E-state index contributed by atoms with van der Waals surface area (Å²) in [5, 5.41) is 4.84. The van der Waals surface area contributed by atoms with E-state index in [1.165, 1.54) is 11.3 Å². The number of H-pyrrole nitrogens is 1. The largest absolute Gasteiger partial charge is 0.493 e. The van der Waals surface area contributed by atoms with Gasteiger partial charge >= 0.3 is 0 Å². The van der Waals surface area contributed by atoms with Gasteiger partial charge in [-0.1, -0.05) is 12.5 Å². The first-order chi connectivity index (χ1) is 15.0. The predicted molar refractivity (Wildman–Crippen MR) is 126 cm³/mol. The number of methoxy groups -OCH3 is 2. The average Bonchev–Trinajstić information content (AvgIpc) is 3.24. The van der Waals surface area contributed by atoms with E-state index in [1.807, 2.05) is 29.6 Å². The van der Waals surface area contributed by atoms with Gasteiger partial charge in [-0.05, 0) is 60.6 Å². The zero-order chi connectivity index (χ0) is 22.2. The van der Waals surface area contributed by atoms with Gasteiger partial charge in [-0.2, -0.15) is 0 Å². The molecular weight excluding hydrogens is 434 g/mol. The predicted octanol–water partition coefficient (Wildman–Crippen LogP) is 4.06. The van der Waals surface area contributed by atoms with Gasteiger partial charge in [0.25, 0.3) is 5.56 Å². The zero-order valence-electron chi connectivity index (χ0n) is 17.7. The molecule has 0 spiro atoms. The molecular formula is C22H27N3O4S2. The van der Waals surface area contributed by atoms with Crippen LogP contribution in [0.3, 0.4) is 0 Å². The van der Waals surface area contributed by atoms with Gasteiger partial charge in [0.1, 0.15) is 4.70 Å². The minimum Gasteiger partial charge on any atom is -0.493 e. The van der Waals surface area contributed by atoms with Gasteiger partial charge in [0.15, 0.2) is 16.3 Å². The molecule has 2 aromatic heterocycles. The van der Waals surface area contributed by atoms with E-state index in [-0.39, 0.29) is 11.5 Å². The molecule has 1 amide bonds. The number of hydrogen-bond donors (Lipinski definition) is 2. The van der Waals surface area contributed by atoms with Crippen molar-refractivity contribution in [2.24, 2.45) is 0 Å². The molecule has 0 saturated carbocycles. The quantitative estimate of drug-likeness (QED) is 0.332. The Kier molecular flexibility index (Phi) is 8.25. The Morgan fingerprint density at radius 2 is 1.97 bits per heavy atom. The Balaban J connectivity index is 1.36. The molecule has 3 rings (SSSR count). The van der Waals surface area contributed by atoms with Crippen LogP contribution >= 0.6 is 23.6 Å². The number of carbonyl (C=O) groups is 1. The van der Waals surface area contributed by atoms with E-state index < -0.39 is 0 Å². The maximum Gasteiger partial charge on any atom is 0.272 e. The fourth-order valence-electron chi connectivity index (χ4n) is 3.38. The second-order valence-corrected chi connectivity index (χ2v) is 8.45. The molecule has 0 atom stereocenters. The molecule has 0 unspecified atom stereocenters. The summed E-state index contributed by atoms with van der Waals surface area (Å²) >= 11 is 6.72. The molecule has 0 saturated heterocycles. The van der Waals surface area contributed by atoms with Crippen LogP contribution in [0.5, 0.6) is 11.5 Å². The molecule has 7 nitrogen and oxygen atoms in total.